The average Bonchev–Trinajstić information content (AvgIpc) is 3.17. The number of para-hydroxylation sites is 1. The number of fused-ring (bicyclic) bond motifs is 1. The molecule has 0 spiro atoms. The van der Waals surface area contributed by atoms with Crippen molar-refractivity contribution in [3.8, 4) is 0 Å². The van der Waals surface area contributed by atoms with Gasteiger partial charge in [-0.1, -0.05) is 32.0 Å². The first kappa shape index (κ1) is 12.7. The van der Waals surface area contributed by atoms with E-state index in [1.54, 1.807) is 0 Å². The Morgan fingerprint density at radius 1 is 1.21 bits per heavy atom. The van der Waals surface area contributed by atoms with E-state index in [4.69, 9.17) is 0 Å². The van der Waals surface area contributed by atoms with Crippen LogP contribution in [0.15, 0.2) is 30.5 Å². The Hall–Kier alpha value is -1.28. The molecule has 0 unspecified atom stereocenters. The molecular weight excluding hydrogens is 232 g/mol. The standard InChI is InChI=1S/C17H24N2/c1-3-16(4-2)19-11-10-13-6-5-7-14(17(13)19)12-18-15-8-9-15/h5-7,10-11,15-16,18H,3-4,8-9,12H2,1-2H3. The molecule has 2 nitrogen and oxygen atoms in total. The number of hydrogen-bond acceptors (Lipinski definition) is 1. The number of benzene rings is 1. The van der Waals surface area contributed by atoms with Crippen LogP contribution in [0.2, 0.25) is 0 Å². The largest absolute Gasteiger partial charge is 0.344 e. The third-order valence-corrected chi connectivity index (χ3v) is 4.32. The van der Waals surface area contributed by atoms with Crippen molar-refractivity contribution in [1.29, 1.82) is 0 Å². The molecule has 1 saturated carbocycles. The van der Waals surface area contributed by atoms with Gasteiger partial charge in [0.05, 0.1) is 5.52 Å². The van der Waals surface area contributed by atoms with Crippen LogP contribution in [0.1, 0.15) is 51.1 Å². The fourth-order valence-electron chi connectivity index (χ4n) is 2.97. The van der Waals surface area contributed by atoms with Crippen molar-refractivity contribution >= 4 is 10.9 Å². The van der Waals surface area contributed by atoms with Crippen LogP contribution in [0, 0.1) is 0 Å². The first-order valence-corrected chi connectivity index (χ1v) is 7.65. The number of hydrogen-bond donors (Lipinski definition) is 1. The molecule has 19 heavy (non-hydrogen) atoms. The highest BCUT2D eigenvalue weighted by Gasteiger charge is 2.21. The minimum absolute atomic E-state index is 0.625. The lowest BCUT2D eigenvalue weighted by Crippen LogP contribution is -2.16. The van der Waals surface area contributed by atoms with Gasteiger partial charge in [-0.3, -0.25) is 0 Å². The summed E-state index contributed by atoms with van der Waals surface area (Å²) in [7, 11) is 0. The lowest BCUT2D eigenvalue weighted by atomic mass is 10.1. The number of nitrogens with zero attached hydrogens (tertiary/aromatic N) is 1. The third-order valence-electron chi connectivity index (χ3n) is 4.32. The van der Waals surface area contributed by atoms with E-state index in [0.717, 1.165) is 12.6 Å². The zero-order valence-electron chi connectivity index (χ0n) is 12.0. The Labute approximate surface area is 115 Å². The van der Waals surface area contributed by atoms with Gasteiger partial charge in [-0.2, -0.15) is 0 Å². The maximum atomic E-state index is 3.64. The molecule has 0 bridgehead atoms. The van der Waals surface area contributed by atoms with E-state index in [1.165, 1.54) is 42.1 Å². The summed E-state index contributed by atoms with van der Waals surface area (Å²) < 4.78 is 2.49. The number of nitrogens with one attached hydrogen (secondary N) is 1. The van der Waals surface area contributed by atoms with Gasteiger partial charge >= 0.3 is 0 Å². The van der Waals surface area contributed by atoms with Crippen LogP contribution < -0.4 is 5.32 Å². The van der Waals surface area contributed by atoms with E-state index >= 15 is 0 Å². The van der Waals surface area contributed by atoms with Crippen LogP contribution in [0.4, 0.5) is 0 Å². The molecule has 1 aromatic carbocycles. The van der Waals surface area contributed by atoms with E-state index in [-0.39, 0.29) is 0 Å². The van der Waals surface area contributed by atoms with Crippen molar-refractivity contribution < 1.29 is 0 Å². The van der Waals surface area contributed by atoms with Crippen molar-refractivity contribution in [2.45, 2.75) is 58.2 Å². The van der Waals surface area contributed by atoms with Crippen LogP contribution in [-0.4, -0.2) is 10.6 Å². The molecule has 1 heterocycles. The zero-order valence-corrected chi connectivity index (χ0v) is 12.0. The molecule has 1 fully saturated rings. The molecule has 1 N–H and O–H groups in total. The van der Waals surface area contributed by atoms with Gasteiger partial charge in [-0.05, 0) is 42.7 Å². The van der Waals surface area contributed by atoms with Gasteiger partial charge in [0.25, 0.3) is 0 Å². The lowest BCUT2D eigenvalue weighted by Gasteiger charge is -2.18. The van der Waals surface area contributed by atoms with Crippen molar-refractivity contribution in [2.75, 3.05) is 0 Å². The van der Waals surface area contributed by atoms with Crippen LogP contribution in [0.25, 0.3) is 10.9 Å². The Bertz CT molecular complexity index is 547. The minimum atomic E-state index is 0.625. The number of aromatic nitrogens is 1. The molecule has 2 heteroatoms. The smallest absolute Gasteiger partial charge is 0.0528 e. The summed E-state index contributed by atoms with van der Waals surface area (Å²) in [6, 6.07) is 10.3. The van der Waals surface area contributed by atoms with Gasteiger partial charge in [0.1, 0.15) is 0 Å². The zero-order chi connectivity index (χ0) is 13.2. The predicted molar refractivity (Wildman–Crippen MR) is 81.4 cm³/mol. The Kier molecular flexibility index (Phi) is 3.61. The molecule has 0 amide bonds. The number of rotatable bonds is 6. The van der Waals surface area contributed by atoms with Gasteiger partial charge in [0.15, 0.2) is 0 Å². The molecular formula is C17H24N2. The highest BCUT2D eigenvalue weighted by Crippen LogP contribution is 2.28. The summed E-state index contributed by atoms with van der Waals surface area (Å²) in [6.07, 6.45) is 7.37. The van der Waals surface area contributed by atoms with Crippen LogP contribution in [-0.2, 0) is 6.54 Å². The topological polar surface area (TPSA) is 17.0 Å². The SMILES string of the molecule is CCC(CC)n1ccc2cccc(CNC3CC3)c21. The summed E-state index contributed by atoms with van der Waals surface area (Å²) >= 11 is 0. The molecule has 0 saturated heterocycles. The summed E-state index contributed by atoms with van der Waals surface area (Å²) in [6.45, 7) is 5.57. The molecule has 3 rings (SSSR count). The monoisotopic (exact) mass is 256 g/mol. The first-order chi connectivity index (χ1) is 9.33. The quantitative estimate of drug-likeness (QED) is 0.817. The maximum Gasteiger partial charge on any atom is 0.0528 e. The molecule has 0 aliphatic heterocycles. The summed E-state index contributed by atoms with van der Waals surface area (Å²) in [5.41, 5.74) is 2.88. The second-order valence-electron chi connectivity index (χ2n) is 5.70. The van der Waals surface area contributed by atoms with Crippen LogP contribution in [0.3, 0.4) is 0 Å². The highest BCUT2D eigenvalue weighted by atomic mass is 15.0. The normalized spacial score (nSPS) is 15.5. The van der Waals surface area contributed by atoms with E-state index in [1.807, 2.05) is 0 Å². The molecule has 0 radical (unpaired) electrons. The van der Waals surface area contributed by atoms with Crippen LogP contribution in [0.5, 0.6) is 0 Å². The van der Waals surface area contributed by atoms with Crippen molar-refractivity contribution in [2.24, 2.45) is 0 Å². The molecule has 1 aliphatic rings. The Morgan fingerprint density at radius 3 is 2.68 bits per heavy atom. The molecule has 2 aromatic rings. The minimum Gasteiger partial charge on any atom is -0.344 e. The van der Waals surface area contributed by atoms with Gasteiger partial charge in [0, 0.05) is 24.8 Å². The second kappa shape index (κ2) is 5.38. The Balaban J connectivity index is 1.97. The summed E-state index contributed by atoms with van der Waals surface area (Å²) in [4.78, 5) is 0. The fraction of sp³-hybridized carbons (Fsp3) is 0.529. The molecule has 1 aliphatic carbocycles. The van der Waals surface area contributed by atoms with Gasteiger partial charge in [0.2, 0.25) is 0 Å². The third kappa shape index (κ3) is 2.55. The maximum absolute atomic E-state index is 3.64. The van der Waals surface area contributed by atoms with Crippen molar-refractivity contribution in [3.63, 3.8) is 0 Å². The van der Waals surface area contributed by atoms with Gasteiger partial charge in [-0.15, -0.1) is 0 Å². The van der Waals surface area contributed by atoms with Crippen molar-refractivity contribution in [3.05, 3.63) is 36.0 Å². The van der Waals surface area contributed by atoms with E-state index in [9.17, 15) is 0 Å². The fourth-order valence-corrected chi connectivity index (χ4v) is 2.97. The van der Waals surface area contributed by atoms with E-state index in [0.29, 0.717) is 6.04 Å². The van der Waals surface area contributed by atoms with E-state index < -0.39 is 0 Å². The molecule has 0 atom stereocenters. The van der Waals surface area contributed by atoms with Gasteiger partial charge < -0.3 is 9.88 Å². The van der Waals surface area contributed by atoms with Crippen molar-refractivity contribution in [1.82, 2.24) is 9.88 Å². The second-order valence-corrected chi connectivity index (χ2v) is 5.70. The summed E-state index contributed by atoms with van der Waals surface area (Å²) in [5.74, 6) is 0. The highest BCUT2D eigenvalue weighted by molar-refractivity contribution is 5.83. The van der Waals surface area contributed by atoms with E-state index in [2.05, 4.69) is 54.2 Å². The molecule has 102 valence electrons. The van der Waals surface area contributed by atoms with Crippen LogP contribution >= 0.6 is 0 Å². The predicted octanol–water partition coefficient (Wildman–Crippen LogP) is 4.25. The summed E-state index contributed by atoms with van der Waals surface area (Å²) in [5, 5.41) is 5.02. The lowest BCUT2D eigenvalue weighted by molar-refractivity contribution is 0.484. The van der Waals surface area contributed by atoms with Gasteiger partial charge in [-0.25, -0.2) is 0 Å². The molecule has 1 aromatic heterocycles. The average molecular weight is 256 g/mol. The Morgan fingerprint density at radius 2 is 2.00 bits per heavy atom. The first-order valence-electron chi connectivity index (χ1n) is 7.65.